The quantitative estimate of drug-likeness (QED) is 0.813. The Morgan fingerprint density at radius 2 is 2.42 bits per heavy atom. The van der Waals surface area contributed by atoms with Crippen LogP contribution >= 0.6 is 23.1 Å². The van der Waals surface area contributed by atoms with Crippen LogP contribution in [0.25, 0.3) is 0 Å². The molecule has 0 fully saturated rings. The molecule has 0 saturated carbocycles. The zero-order valence-electron chi connectivity index (χ0n) is 7.50. The molecule has 0 amide bonds. The molecular weight excluding hydrogens is 190 g/mol. The molecule has 0 radical (unpaired) electrons. The Kier molecular flexibility index (Phi) is 3.34. The van der Waals surface area contributed by atoms with Gasteiger partial charge in [-0.2, -0.15) is 11.8 Å². The topological polar surface area (TPSA) is 37.8 Å². The van der Waals surface area contributed by atoms with E-state index in [4.69, 9.17) is 0 Å². The summed E-state index contributed by atoms with van der Waals surface area (Å²) in [6.07, 6.45) is 2.11. The molecule has 0 aliphatic rings. The number of nitrogens with zero attached hydrogens (tertiary/aromatic N) is 2. The third kappa shape index (κ3) is 2.98. The van der Waals surface area contributed by atoms with Crippen molar-refractivity contribution < 1.29 is 0 Å². The highest BCUT2D eigenvalue weighted by Crippen LogP contribution is 2.21. The Labute approximate surface area is 81.0 Å². The highest BCUT2D eigenvalue weighted by atomic mass is 32.2. The fraction of sp³-hybridized carbons (Fsp3) is 0.714. The molecule has 0 saturated heterocycles. The summed E-state index contributed by atoms with van der Waals surface area (Å²) in [4.78, 5) is 0. The second kappa shape index (κ2) is 4.09. The predicted molar refractivity (Wildman–Crippen MR) is 56.0 cm³/mol. The summed E-state index contributed by atoms with van der Waals surface area (Å²) in [5, 5.41) is 11.8. The zero-order valence-corrected chi connectivity index (χ0v) is 9.13. The number of nitrogens with one attached hydrogen (secondary N) is 1. The maximum Gasteiger partial charge on any atom is 0.205 e. The highest BCUT2D eigenvalue weighted by molar-refractivity contribution is 7.99. The number of rotatable bonds is 4. The number of hydrogen-bond acceptors (Lipinski definition) is 5. The van der Waals surface area contributed by atoms with E-state index in [0.29, 0.717) is 0 Å². The highest BCUT2D eigenvalue weighted by Gasteiger charge is 2.15. The molecule has 0 bridgehead atoms. The lowest BCUT2D eigenvalue weighted by Gasteiger charge is -2.21. The van der Waals surface area contributed by atoms with Crippen LogP contribution in [0.1, 0.15) is 13.8 Å². The average molecular weight is 203 g/mol. The minimum atomic E-state index is 0.256. The summed E-state index contributed by atoms with van der Waals surface area (Å²) < 4.78 is 0.256. The first-order valence-corrected chi connectivity index (χ1v) is 5.80. The monoisotopic (exact) mass is 203 g/mol. The molecule has 1 heterocycles. The van der Waals surface area contributed by atoms with E-state index in [9.17, 15) is 0 Å². The number of aromatic nitrogens is 2. The van der Waals surface area contributed by atoms with Crippen LogP contribution in [0.4, 0.5) is 5.13 Å². The van der Waals surface area contributed by atoms with Gasteiger partial charge in [0, 0.05) is 11.3 Å². The van der Waals surface area contributed by atoms with Crippen molar-refractivity contribution in [1.29, 1.82) is 0 Å². The fourth-order valence-electron chi connectivity index (χ4n) is 0.611. The lowest BCUT2D eigenvalue weighted by Crippen LogP contribution is -2.25. The first kappa shape index (κ1) is 9.80. The maximum absolute atomic E-state index is 3.90. The first-order valence-electron chi connectivity index (χ1n) is 3.69. The van der Waals surface area contributed by atoms with Crippen LogP contribution in [0.3, 0.4) is 0 Å². The normalized spacial score (nSPS) is 11.6. The van der Waals surface area contributed by atoms with Gasteiger partial charge in [-0.1, -0.05) is 11.3 Å². The van der Waals surface area contributed by atoms with E-state index in [1.54, 1.807) is 5.51 Å². The Hall–Kier alpha value is -0.290. The van der Waals surface area contributed by atoms with E-state index in [0.717, 1.165) is 11.7 Å². The molecule has 0 unspecified atom stereocenters. The van der Waals surface area contributed by atoms with Crippen LogP contribution in [0.5, 0.6) is 0 Å². The molecule has 1 aromatic rings. The van der Waals surface area contributed by atoms with Gasteiger partial charge in [0.15, 0.2) is 0 Å². The van der Waals surface area contributed by atoms with Crippen LogP contribution in [0, 0.1) is 0 Å². The van der Waals surface area contributed by atoms with Gasteiger partial charge in [-0.15, -0.1) is 10.2 Å². The van der Waals surface area contributed by atoms with E-state index >= 15 is 0 Å². The third-order valence-electron chi connectivity index (χ3n) is 1.58. The van der Waals surface area contributed by atoms with Crippen molar-refractivity contribution in [1.82, 2.24) is 10.2 Å². The molecule has 0 aromatic carbocycles. The molecule has 0 atom stereocenters. The Morgan fingerprint density at radius 1 is 1.67 bits per heavy atom. The predicted octanol–water partition coefficient (Wildman–Crippen LogP) is 2.09. The van der Waals surface area contributed by atoms with Gasteiger partial charge >= 0.3 is 0 Å². The van der Waals surface area contributed by atoms with Gasteiger partial charge in [0.05, 0.1) is 0 Å². The van der Waals surface area contributed by atoms with Crippen molar-refractivity contribution in [2.24, 2.45) is 0 Å². The van der Waals surface area contributed by atoms with Crippen molar-refractivity contribution in [3.8, 4) is 0 Å². The molecule has 68 valence electrons. The lowest BCUT2D eigenvalue weighted by molar-refractivity contribution is 0.751. The summed E-state index contributed by atoms with van der Waals surface area (Å²) >= 11 is 3.37. The number of anilines is 1. The minimum Gasteiger partial charge on any atom is -0.359 e. The van der Waals surface area contributed by atoms with Gasteiger partial charge in [-0.05, 0) is 20.1 Å². The fourth-order valence-corrected chi connectivity index (χ4v) is 1.27. The number of hydrogen-bond donors (Lipinski definition) is 1. The van der Waals surface area contributed by atoms with Gasteiger partial charge in [0.2, 0.25) is 5.13 Å². The first-order chi connectivity index (χ1) is 5.64. The Balaban J connectivity index is 2.36. The molecule has 1 rings (SSSR count). The molecule has 0 aliphatic heterocycles. The Bertz CT molecular complexity index is 221. The second-order valence-corrected chi connectivity index (χ2v) is 5.41. The van der Waals surface area contributed by atoms with E-state index < -0.39 is 0 Å². The standard InChI is InChI=1S/C7H13N3S2/c1-7(2,11-3)4-8-6-10-9-5-12-6/h5H,4H2,1-3H3,(H,8,10). The van der Waals surface area contributed by atoms with Crippen molar-refractivity contribution >= 4 is 28.2 Å². The van der Waals surface area contributed by atoms with E-state index in [1.807, 2.05) is 11.8 Å². The van der Waals surface area contributed by atoms with Crippen LogP contribution in [0.15, 0.2) is 5.51 Å². The van der Waals surface area contributed by atoms with Gasteiger partial charge in [0.25, 0.3) is 0 Å². The summed E-state index contributed by atoms with van der Waals surface area (Å²) in [5.41, 5.74) is 1.73. The van der Waals surface area contributed by atoms with E-state index in [-0.39, 0.29) is 4.75 Å². The summed E-state index contributed by atoms with van der Waals surface area (Å²) in [5.74, 6) is 0. The van der Waals surface area contributed by atoms with Crippen LogP contribution < -0.4 is 5.32 Å². The summed E-state index contributed by atoms with van der Waals surface area (Å²) in [6, 6.07) is 0. The van der Waals surface area contributed by atoms with Gasteiger partial charge < -0.3 is 5.32 Å². The zero-order chi connectivity index (χ0) is 9.03. The van der Waals surface area contributed by atoms with E-state index in [1.165, 1.54) is 11.3 Å². The molecule has 1 aromatic heterocycles. The van der Waals surface area contributed by atoms with Gasteiger partial charge in [-0.25, -0.2) is 0 Å². The second-order valence-electron chi connectivity index (χ2n) is 3.06. The van der Waals surface area contributed by atoms with Crippen molar-refractivity contribution in [2.45, 2.75) is 18.6 Å². The SMILES string of the molecule is CSC(C)(C)CNc1nncs1. The van der Waals surface area contributed by atoms with Crippen LogP contribution in [-0.4, -0.2) is 27.7 Å². The molecule has 1 N–H and O–H groups in total. The molecule has 0 aliphatic carbocycles. The molecule has 3 nitrogen and oxygen atoms in total. The number of thioether (sulfide) groups is 1. The van der Waals surface area contributed by atoms with Crippen LogP contribution in [0.2, 0.25) is 0 Å². The smallest absolute Gasteiger partial charge is 0.205 e. The van der Waals surface area contributed by atoms with Gasteiger partial charge in [-0.3, -0.25) is 0 Å². The van der Waals surface area contributed by atoms with E-state index in [2.05, 4.69) is 35.6 Å². The van der Waals surface area contributed by atoms with Gasteiger partial charge in [0.1, 0.15) is 5.51 Å². The van der Waals surface area contributed by atoms with Crippen molar-refractivity contribution in [2.75, 3.05) is 18.1 Å². The molecule has 12 heavy (non-hydrogen) atoms. The molecule has 0 spiro atoms. The lowest BCUT2D eigenvalue weighted by atomic mass is 10.2. The average Bonchev–Trinajstić information content (AvgIpc) is 2.53. The van der Waals surface area contributed by atoms with Crippen molar-refractivity contribution in [3.05, 3.63) is 5.51 Å². The third-order valence-corrected chi connectivity index (χ3v) is 3.48. The molecule has 5 heteroatoms. The largest absolute Gasteiger partial charge is 0.359 e. The summed E-state index contributed by atoms with van der Waals surface area (Å²) in [6.45, 7) is 5.32. The van der Waals surface area contributed by atoms with Crippen LogP contribution in [-0.2, 0) is 0 Å². The minimum absolute atomic E-state index is 0.256. The van der Waals surface area contributed by atoms with Crippen molar-refractivity contribution in [3.63, 3.8) is 0 Å². The summed E-state index contributed by atoms with van der Waals surface area (Å²) in [7, 11) is 0. The Morgan fingerprint density at radius 3 is 2.92 bits per heavy atom. The molecular formula is C7H13N3S2. The maximum atomic E-state index is 3.90.